The second kappa shape index (κ2) is 9.62. The average molecular weight is 494 g/mol. The van der Waals surface area contributed by atoms with E-state index in [9.17, 15) is 14.4 Å². The van der Waals surface area contributed by atoms with Crippen LogP contribution in [0.2, 0.25) is 5.02 Å². The lowest BCUT2D eigenvalue weighted by molar-refractivity contribution is -0.151. The van der Waals surface area contributed by atoms with E-state index in [2.05, 4.69) is 21.2 Å². The standard InChI is InChI=1S/C22H22BrClN2O4/c1-3-14-9-16(23)8-13(2)21(14)25-19(27)12-30-22(29)15-10-20(28)26(11-15)18-6-4-17(24)5-7-18/h4-9,15H,3,10-12H2,1-2H3,(H,25,27)/t15-/m1/s1. The van der Waals surface area contributed by atoms with Gasteiger partial charge in [0.25, 0.3) is 5.91 Å². The fourth-order valence-corrected chi connectivity index (χ4v) is 4.18. The molecule has 1 aliphatic rings. The van der Waals surface area contributed by atoms with Gasteiger partial charge in [-0.15, -0.1) is 0 Å². The van der Waals surface area contributed by atoms with Gasteiger partial charge in [-0.25, -0.2) is 0 Å². The van der Waals surface area contributed by atoms with Gasteiger partial charge in [0.2, 0.25) is 5.91 Å². The van der Waals surface area contributed by atoms with E-state index in [4.69, 9.17) is 16.3 Å². The minimum absolute atomic E-state index is 0.0505. The van der Waals surface area contributed by atoms with Crippen LogP contribution in [0.4, 0.5) is 11.4 Å². The van der Waals surface area contributed by atoms with Crippen molar-refractivity contribution >= 4 is 56.7 Å². The smallest absolute Gasteiger partial charge is 0.311 e. The lowest BCUT2D eigenvalue weighted by Gasteiger charge is -2.17. The van der Waals surface area contributed by atoms with E-state index in [1.807, 2.05) is 26.0 Å². The molecule has 1 fully saturated rings. The average Bonchev–Trinajstić information content (AvgIpc) is 3.10. The summed E-state index contributed by atoms with van der Waals surface area (Å²) in [7, 11) is 0. The Morgan fingerprint density at radius 2 is 1.97 bits per heavy atom. The van der Waals surface area contributed by atoms with E-state index in [-0.39, 0.29) is 18.9 Å². The van der Waals surface area contributed by atoms with Crippen molar-refractivity contribution in [2.45, 2.75) is 26.7 Å². The maximum Gasteiger partial charge on any atom is 0.311 e. The molecule has 1 aliphatic heterocycles. The quantitative estimate of drug-likeness (QED) is 0.601. The van der Waals surface area contributed by atoms with Gasteiger partial charge < -0.3 is 15.0 Å². The summed E-state index contributed by atoms with van der Waals surface area (Å²) in [6, 6.07) is 10.7. The fourth-order valence-electron chi connectivity index (χ4n) is 3.44. The van der Waals surface area contributed by atoms with Crippen LogP contribution in [0.5, 0.6) is 0 Å². The Morgan fingerprint density at radius 1 is 1.27 bits per heavy atom. The summed E-state index contributed by atoms with van der Waals surface area (Å²) in [6.45, 7) is 3.72. The third-order valence-corrected chi connectivity index (χ3v) is 5.68. The van der Waals surface area contributed by atoms with E-state index < -0.39 is 24.4 Å². The molecule has 0 aliphatic carbocycles. The maximum absolute atomic E-state index is 12.4. The molecule has 0 unspecified atom stereocenters. The van der Waals surface area contributed by atoms with Crippen molar-refractivity contribution in [2.24, 2.45) is 5.92 Å². The predicted octanol–water partition coefficient (Wildman–Crippen LogP) is 4.51. The summed E-state index contributed by atoms with van der Waals surface area (Å²) in [5.74, 6) is -1.75. The second-order valence-corrected chi connectivity index (χ2v) is 8.50. The van der Waals surface area contributed by atoms with Crippen LogP contribution in [0, 0.1) is 12.8 Å². The molecule has 2 aromatic carbocycles. The van der Waals surface area contributed by atoms with Crippen molar-refractivity contribution in [2.75, 3.05) is 23.4 Å². The number of nitrogens with zero attached hydrogens (tertiary/aromatic N) is 1. The third-order valence-electron chi connectivity index (χ3n) is 4.97. The molecule has 8 heteroatoms. The molecule has 1 N–H and O–H groups in total. The monoisotopic (exact) mass is 492 g/mol. The first-order valence-corrected chi connectivity index (χ1v) is 10.8. The lowest BCUT2D eigenvalue weighted by atomic mass is 10.1. The Hall–Kier alpha value is -2.38. The number of benzene rings is 2. The highest BCUT2D eigenvalue weighted by Gasteiger charge is 2.36. The van der Waals surface area contributed by atoms with Crippen molar-refractivity contribution in [1.29, 1.82) is 0 Å². The summed E-state index contributed by atoms with van der Waals surface area (Å²) in [5.41, 5.74) is 3.31. The molecule has 0 radical (unpaired) electrons. The Balaban J connectivity index is 1.56. The third kappa shape index (κ3) is 5.21. The summed E-state index contributed by atoms with van der Waals surface area (Å²) in [6.07, 6.45) is 0.801. The number of carbonyl (C=O) groups excluding carboxylic acids is 3. The summed E-state index contributed by atoms with van der Waals surface area (Å²) >= 11 is 9.33. The minimum atomic E-state index is -0.610. The van der Waals surface area contributed by atoms with E-state index in [0.29, 0.717) is 10.7 Å². The number of hydrogen-bond acceptors (Lipinski definition) is 4. The molecule has 0 saturated carbocycles. The van der Waals surface area contributed by atoms with Crippen molar-refractivity contribution in [3.63, 3.8) is 0 Å². The Bertz CT molecular complexity index is 978. The van der Waals surface area contributed by atoms with Gasteiger partial charge >= 0.3 is 5.97 Å². The molecule has 2 amide bonds. The predicted molar refractivity (Wildman–Crippen MR) is 120 cm³/mol. The van der Waals surface area contributed by atoms with Crippen LogP contribution in [0.15, 0.2) is 40.9 Å². The van der Waals surface area contributed by atoms with Gasteiger partial charge in [0.1, 0.15) is 0 Å². The van der Waals surface area contributed by atoms with Crippen molar-refractivity contribution in [3.05, 3.63) is 57.0 Å². The van der Waals surface area contributed by atoms with E-state index in [1.54, 1.807) is 24.3 Å². The first-order valence-electron chi connectivity index (χ1n) is 9.60. The van der Waals surface area contributed by atoms with Crippen LogP contribution in [0.3, 0.4) is 0 Å². The van der Waals surface area contributed by atoms with Crippen molar-refractivity contribution in [3.8, 4) is 0 Å². The summed E-state index contributed by atoms with van der Waals surface area (Å²) in [5, 5.41) is 3.39. The molecular formula is C22H22BrClN2O4. The SMILES string of the molecule is CCc1cc(Br)cc(C)c1NC(=O)COC(=O)[C@@H]1CC(=O)N(c2ccc(Cl)cc2)C1. The zero-order chi connectivity index (χ0) is 21.8. The number of ether oxygens (including phenoxy) is 1. The number of hydrogen-bond donors (Lipinski definition) is 1. The first-order chi connectivity index (χ1) is 14.3. The molecule has 0 bridgehead atoms. The zero-order valence-electron chi connectivity index (χ0n) is 16.7. The van der Waals surface area contributed by atoms with Crippen LogP contribution in [0.25, 0.3) is 0 Å². The highest BCUT2D eigenvalue weighted by Crippen LogP contribution is 2.28. The van der Waals surface area contributed by atoms with Gasteiger partial charge in [0, 0.05) is 33.8 Å². The number of anilines is 2. The van der Waals surface area contributed by atoms with Gasteiger partial charge in [-0.1, -0.05) is 34.5 Å². The molecule has 1 atom stereocenters. The molecule has 158 valence electrons. The largest absolute Gasteiger partial charge is 0.455 e. The Morgan fingerprint density at radius 3 is 2.63 bits per heavy atom. The van der Waals surface area contributed by atoms with Gasteiger partial charge in [-0.2, -0.15) is 0 Å². The minimum Gasteiger partial charge on any atom is -0.455 e. The number of nitrogens with one attached hydrogen (secondary N) is 1. The fraction of sp³-hybridized carbons (Fsp3) is 0.318. The number of carbonyl (C=O) groups is 3. The van der Waals surface area contributed by atoms with Gasteiger partial charge in [0.15, 0.2) is 6.61 Å². The number of aryl methyl sites for hydroxylation is 2. The molecule has 2 aromatic rings. The molecule has 0 spiro atoms. The highest BCUT2D eigenvalue weighted by molar-refractivity contribution is 9.10. The molecule has 3 rings (SSSR count). The zero-order valence-corrected chi connectivity index (χ0v) is 19.0. The number of esters is 1. The second-order valence-electron chi connectivity index (χ2n) is 7.15. The van der Waals surface area contributed by atoms with Gasteiger partial charge in [-0.3, -0.25) is 14.4 Å². The molecule has 6 nitrogen and oxygen atoms in total. The van der Waals surface area contributed by atoms with Crippen LogP contribution in [0.1, 0.15) is 24.5 Å². The molecule has 30 heavy (non-hydrogen) atoms. The Kier molecular flexibility index (Phi) is 7.15. The lowest BCUT2D eigenvalue weighted by Crippen LogP contribution is -2.28. The Labute approximate surface area is 188 Å². The van der Waals surface area contributed by atoms with Crippen LogP contribution < -0.4 is 10.2 Å². The van der Waals surface area contributed by atoms with Crippen LogP contribution in [-0.4, -0.2) is 30.9 Å². The summed E-state index contributed by atoms with van der Waals surface area (Å²) in [4.78, 5) is 38.6. The van der Waals surface area contributed by atoms with E-state index in [0.717, 1.165) is 27.7 Å². The van der Waals surface area contributed by atoms with Gasteiger partial charge in [0.05, 0.1) is 5.92 Å². The molecule has 0 aromatic heterocycles. The number of amides is 2. The maximum atomic E-state index is 12.4. The number of halogens is 2. The van der Waals surface area contributed by atoms with Crippen LogP contribution >= 0.6 is 27.5 Å². The summed E-state index contributed by atoms with van der Waals surface area (Å²) < 4.78 is 6.13. The number of rotatable bonds is 6. The molecular weight excluding hydrogens is 472 g/mol. The normalized spacial score (nSPS) is 15.9. The first kappa shape index (κ1) is 22.3. The molecule has 1 heterocycles. The highest BCUT2D eigenvalue weighted by atomic mass is 79.9. The van der Waals surface area contributed by atoms with Crippen molar-refractivity contribution < 1.29 is 19.1 Å². The van der Waals surface area contributed by atoms with Gasteiger partial charge in [-0.05, 0) is 60.9 Å². The van der Waals surface area contributed by atoms with Crippen LogP contribution in [-0.2, 0) is 25.5 Å². The van der Waals surface area contributed by atoms with E-state index >= 15 is 0 Å². The molecule has 1 saturated heterocycles. The topological polar surface area (TPSA) is 75.7 Å². The van der Waals surface area contributed by atoms with Crippen molar-refractivity contribution in [1.82, 2.24) is 0 Å². The van der Waals surface area contributed by atoms with E-state index in [1.165, 1.54) is 4.90 Å².